The highest BCUT2D eigenvalue weighted by molar-refractivity contribution is 5.76. The molecule has 372 valence electrons. The van der Waals surface area contributed by atoms with Crippen molar-refractivity contribution in [3.63, 3.8) is 0 Å². The fourth-order valence-electron chi connectivity index (χ4n) is 8.63. The first kappa shape index (κ1) is 61.3. The van der Waals surface area contributed by atoms with Crippen LogP contribution in [-0.4, -0.2) is 47.4 Å². The first-order chi connectivity index (χ1) is 31.0. The third-order valence-electron chi connectivity index (χ3n) is 13.0. The van der Waals surface area contributed by atoms with Crippen LogP contribution in [-0.2, 0) is 14.3 Å². The predicted molar refractivity (Wildman–Crippen MR) is 273 cm³/mol. The minimum absolute atomic E-state index is 0.00609. The predicted octanol–water partition coefficient (Wildman–Crippen LogP) is 17.1. The zero-order valence-electron chi connectivity index (χ0n) is 42.3. The van der Waals surface area contributed by atoms with Crippen molar-refractivity contribution in [2.75, 3.05) is 13.2 Å². The third kappa shape index (κ3) is 49.6. The molecule has 0 heterocycles. The van der Waals surface area contributed by atoms with Crippen molar-refractivity contribution in [3.05, 3.63) is 24.3 Å². The maximum Gasteiger partial charge on any atom is 0.305 e. The molecule has 0 saturated carbocycles. The van der Waals surface area contributed by atoms with Crippen LogP contribution in [0, 0.1) is 0 Å². The summed E-state index contributed by atoms with van der Waals surface area (Å²) in [5.74, 6) is -0.0580. The monoisotopic (exact) mass is 888 g/mol. The molecule has 0 bridgehead atoms. The minimum Gasteiger partial charge on any atom is -0.466 e. The van der Waals surface area contributed by atoms with Gasteiger partial charge in [0.1, 0.15) is 0 Å². The van der Waals surface area contributed by atoms with Gasteiger partial charge in [-0.3, -0.25) is 9.59 Å². The summed E-state index contributed by atoms with van der Waals surface area (Å²) in [5.41, 5.74) is 0. The fraction of sp³-hybridized carbons (Fsp3) is 0.895. The zero-order chi connectivity index (χ0) is 45.8. The van der Waals surface area contributed by atoms with Crippen molar-refractivity contribution in [3.8, 4) is 0 Å². The van der Waals surface area contributed by atoms with Gasteiger partial charge in [0.2, 0.25) is 5.91 Å². The first-order valence-corrected chi connectivity index (χ1v) is 28.1. The largest absolute Gasteiger partial charge is 0.466 e. The van der Waals surface area contributed by atoms with Crippen molar-refractivity contribution < 1.29 is 24.5 Å². The van der Waals surface area contributed by atoms with Crippen LogP contribution in [0.2, 0.25) is 0 Å². The number of hydrogen-bond donors (Lipinski definition) is 3. The Balaban J connectivity index is 3.45. The second-order valence-electron chi connectivity index (χ2n) is 19.3. The van der Waals surface area contributed by atoms with Crippen LogP contribution in [0.15, 0.2) is 24.3 Å². The van der Waals surface area contributed by atoms with Gasteiger partial charge in [0, 0.05) is 12.8 Å². The maximum absolute atomic E-state index is 12.4. The number of esters is 1. The number of nitrogens with one attached hydrogen (secondary N) is 1. The van der Waals surface area contributed by atoms with Crippen LogP contribution in [0.3, 0.4) is 0 Å². The lowest BCUT2D eigenvalue weighted by atomic mass is 10.0. The molecule has 63 heavy (non-hydrogen) atoms. The van der Waals surface area contributed by atoms with Gasteiger partial charge in [-0.15, -0.1) is 0 Å². The Morgan fingerprint density at radius 1 is 0.429 bits per heavy atom. The molecule has 0 aliphatic rings. The zero-order valence-corrected chi connectivity index (χ0v) is 42.3. The summed E-state index contributed by atoms with van der Waals surface area (Å²) in [6.07, 6.45) is 63.0. The molecule has 0 aromatic rings. The van der Waals surface area contributed by atoms with Gasteiger partial charge in [-0.1, -0.05) is 237 Å². The topological polar surface area (TPSA) is 95.9 Å². The standard InChI is InChI=1S/C57H109NO5/c1-3-5-7-9-11-13-15-17-18-19-23-27-31-35-39-43-47-51-57(62)63-52-48-44-40-36-32-28-24-21-20-22-26-30-34-38-42-46-50-56(61)58-54(53-59)55(60)49-45-41-37-33-29-25-16-14-12-10-8-6-4-2/h17-18,20,22,54-55,59-60H,3-16,19,21,23-53H2,1-2H3,(H,58,61)/b18-17-,22-20-. The van der Waals surface area contributed by atoms with E-state index in [1.165, 1.54) is 205 Å². The Hall–Kier alpha value is -1.66. The maximum atomic E-state index is 12.4. The molecule has 0 radical (unpaired) electrons. The second-order valence-corrected chi connectivity index (χ2v) is 19.3. The van der Waals surface area contributed by atoms with Crippen molar-refractivity contribution in [2.45, 2.75) is 315 Å². The second kappa shape index (κ2) is 53.0. The Morgan fingerprint density at radius 3 is 1.13 bits per heavy atom. The summed E-state index contributed by atoms with van der Waals surface area (Å²) < 4.78 is 5.47. The molecule has 0 aliphatic heterocycles. The SMILES string of the molecule is CCCCCCCC/C=C\CCCCCCCCCC(=O)OCCCCCCCCC/C=C\CCCCCCCC(=O)NC(CO)C(O)CCCCCCCCCCCCCCC. The number of hydrogen-bond acceptors (Lipinski definition) is 5. The molecule has 0 saturated heterocycles. The van der Waals surface area contributed by atoms with Crippen molar-refractivity contribution >= 4 is 11.9 Å². The van der Waals surface area contributed by atoms with Gasteiger partial charge in [-0.05, 0) is 77.0 Å². The molecule has 2 atom stereocenters. The van der Waals surface area contributed by atoms with Crippen LogP contribution in [0.1, 0.15) is 303 Å². The van der Waals surface area contributed by atoms with E-state index in [0.717, 1.165) is 64.2 Å². The average molecular weight is 889 g/mol. The van der Waals surface area contributed by atoms with Gasteiger partial charge in [0.25, 0.3) is 0 Å². The van der Waals surface area contributed by atoms with Crippen molar-refractivity contribution in [1.29, 1.82) is 0 Å². The van der Waals surface area contributed by atoms with Gasteiger partial charge in [0.05, 0.1) is 25.4 Å². The molecule has 0 aliphatic carbocycles. The van der Waals surface area contributed by atoms with Crippen molar-refractivity contribution in [1.82, 2.24) is 5.32 Å². The van der Waals surface area contributed by atoms with E-state index in [9.17, 15) is 19.8 Å². The van der Waals surface area contributed by atoms with E-state index in [0.29, 0.717) is 25.9 Å². The Labute approximate surface area is 392 Å². The number of carbonyl (C=O) groups is 2. The number of ether oxygens (including phenoxy) is 1. The van der Waals surface area contributed by atoms with E-state index in [4.69, 9.17) is 4.74 Å². The molecule has 6 heteroatoms. The first-order valence-electron chi connectivity index (χ1n) is 28.1. The summed E-state index contributed by atoms with van der Waals surface area (Å²) >= 11 is 0. The highest BCUT2D eigenvalue weighted by Gasteiger charge is 2.20. The van der Waals surface area contributed by atoms with E-state index in [2.05, 4.69) is 43.5 Å². The normalized spacial score (nSPS) is 12.8. The number of aliphatic hydroxyl groups excluding tert-OH is 2. The van der Waals surface area contributed by atoms with Crippen LogP contribution in [0.25, 0.3) is 0 Å². The average Bonchev–Trinajstić information content (AvgIpc) is 3.28. The van der Waals surface area contributed by atoms with Gasteiger partial charge in [-0.25, -0.2) is 0 Å². The lowest BCUT2D eigenvalue weighted by Crippen LogP contribution is -2.45. The van der Waals surface area contributed by atoms with E-state index in [-0.39, 0.29) is 18.5 Å². The molecule has 0 spiro atoms. The smallest absolute Gasteiger partial charge is 0.305 e. The van der Waals surface area contributed by atoms with E-state index >= 15 is 0 Å². The molecule has 3 N–H and O–H groups in total. The molecular formula is C57H109NO5. The number of aliphatic hydroxyl groups is 2. The van der Waals surface area contributed by atoms with E-state index < -0.39 is 12.1 Å². The van der Waals surface area contributed by atoms with Gasteiger partial charge < -0.3 is 20.3 Å². The van der Waals surface area contributed by atoms with E-state index in [1.54, 1.807) is 0 Å². The molecule has 0 aromatic carbocycles. The number of allylic oxidation sites excluding steroid dienone is 4. The van der Waals surface area contributed by atoms with Crippen LogP contribution in [0.5, 0.6) is 0 Å². The lowest BCUT2D eigenvalue weighted by molar-refractivity contribution is -0.143. The quantitative estimate of drug-likeness (QED) is 0.0321. The van der Waals surface area contributed by atoms with Crippen LogP contribution in [0.4, 0.5) is 0 Å². The number of unbranched alkanes of at least 4 members (excludes halogenated alkanes) is 37. The highest BCUT2D eigenvalue weighted by Crippen LogP contribution is 2.16. The Bertz CT molecular complexity index is 982. The van der Waals surface area contributed by atoms with Crippen LogP contribution < -0.4 is 5.32 Å². The number of carbonyl (C=O) groups excluding carboxylic acids is 2. The van der Waals surface area contributed by atoms with Crippen molar-refractivity contribution in [2.24, 2.45) is 0 Å². The van der Waals surface area contributed by atoms with E-state index in [1.807, 2.05) is 0 Å². The van der Waals surface area contributed by atoms with Gasteiger partial charge >= 0.3 is 5.97 Å². The highest BCUT2D eigenvalue weighted by atomic mass is 16.5. The summed E-state index contributed by atoms with van der Waals surface area (Å²) in [5, 5.41) is 23.2. The third-order valence-corrected chi connectivity index (χ3v) is 13.0. The molecule has 0 rings (SSSR count). The number of rotatable bonds is 52. The summed E-state index contributed by atoms with van der Waals surface area (Å²) in [7, 11) is 0. The molecule has 2 unspecified atom stereocenters. The van der Waals surface area contributed by atoms with Gasteiger partial charge in [0.15, 0.2) is 0 Å². The minimum atomic E-state index is -0.674. The lowest BCUT2D eigenvalue weighted by Gasteiger charge is -2.22. The van der Waals surface area contributed by atoms with Gasteiger partial charge in [-0.2, -0.15) is 0 Å². The molecule has 6 nitrogen and oxygen atoms in total. The summed E-state index contributed by atoms with van der Waals surface area (Å²) in [4.78, 5) is 24.5. The Kier molecular flexibility index (Phi) is 51.6. The fourth-order valence-corrected chi connectivity index (χ4v) is 8.63. The number of amides is 1. The Morgan fingerprint density at radius 2 is 0.746 bits per heavy atom. The molecule has 0 fully saturated rings. The molecule has 1 amide bonds. The molecule has 0 aromatic heterocycles. The summed E-state index contributed by atoms with van der Waals surface area (Å²) in [6, 6.07) is -0.553. The molecular weight excluding hydrogens is 779 g/mol. The van der Waals surface area contributed by atoms with Crippen LogP contribution >= 0.6 is 0 Å². The summed E-state index contributed by atoms with van der Waals surface area (Å²) in [6.45, 7) is 4.93.